The molecule has 208 valence electrons. The Balaban J connectivity index is 1.42. The summed E-state index contributed by atoms with van der Waals surface area (Å²) < 4.78 is 37.2. The largest absolute Gasteiger partial charge is 0.396 e. The zero-order valence-electron chi connectivity index (χ0n) is 22.1. The number of ether oxygens (including phenoxy) is 1. The molecule has 0 bridgehead atoms. The van der Waals surface area contributed by atoms with Crippen molar-refractivity contribution >= 4 is 17.2 Å². The van der Waals surface area contributed by atoms with Gasteiger partial charge in [-0.1, -0.05) is 6.92 Å². The van der Waals surface area contributed by atoms with Gasteiger partial charge in [0.05, 0.1) is 60.1 Å². The Morgan fingerprint density at radius 2 is 2.00 bits per heavy atom. The number of imidazole rings is 1. The van der Waals surface area contributed by atoms with E-state index in [0.29, 0.717) is 36.5 Å². The molecule has 4 N–H and O–H groups in total. The van der Waals surface area contributed by atoms with Gasteiger partial charge in [-0.15, -0.1) is 0 Å². The zero-order valence-corrected chi connectivity index (χ0v) is 22.1. The van der Waals surface area contributed by atoms with Crippen LogP contribution in [0, 0.1) is 28.9 Å². The lowest BCUT2D eigenvalue weighted by Crippen LogP contribution is -2.46. The number of hydrogen-bond donors (Lipinski definition) is 3. The molecule has 1 aliphatic carbocycles. The molecule has 11 heteroatoms. The highest BCUT2D eigenvalue weighted by Crippen LogP contribution is 2.40. The van der Waals surface area contributed by atoms with Crippen LogP contribution in [0.2, 0.25) is 0 Å². The van der Waals surface area contributed by atoms with Crippen molar-refractivity contribution in [2.75, 3.05) is 18.5 Å². The summed E-state index contributed by atoms with van der Waals surface area (Å²) in [4.78, 5) is 8.75. The van der Waals surface area contributed by atoms with Crippen molar-refractivity contribution in [3.8, 4) is 17.3 Å². The van der Waals surface area contributed by atoms with E-state index in [0.717, 1.165) is 17.7 Å². The van der Waals surface area contributed by atoms with Crippen LogP contribution in [0.25, 0.3) is 16.8 Å². The molecule has 1 fully saturated rings. The maximum atomic E-state index is 14.9. The van der Waals surface area contributed by atoms with Crippen molar-refractivity contribution in [2.45, 2.75) is 50.7 Å². The molecule has 0 radical (unpaired) electrons. The van der Waals surface area contributed by atoms with Crippen molar-refractivity contribution in [3.63, 3.8) is 0 Å². The van der Waals surface area contributed by atoms with E-state index >= 15 is 0 Å². The van der Waals surface area contributed by atoms with E-state index in [4.69, 9.17) is 20.8 Å². The summed E-state index contributed by atoms with van der Waals surface area (Å²) in [6.45, 7) is 2.28. The molecule has 0 aliphatic heterocycles. The summed E-state index contributed by atoms with van der Waals surface area (Å²) in [6.07, 6.45) is 7.00. The fourth-order valence-electron chi connectivity index (χ4n) is 5.58. The number of aliphatic hydroxyl groups excluding tert-OH is 1. The van der Waals surface area contributed by atoms with E-state index in [9.17, 15) is 8.78 Å². The Morgan fingerprint density at radius 3 is 2.73 bits per heavy atom. The van der Waals surface area contributed by atoms with E-state index in [2.05, 4.69) is 33.4 Å². The Labute approximate surface area is 230 Å². The number of aliphatic hydroxyl groups is 1. The van der Waals surface area contributed by atoms with Gasteiger partial charge in [-0.3, -0.25) is 4.98 Å². The van der Waals surface area contributed by atoms with Crippen molar-refractivity contribution in [1.29, 1.82) is 5.26 Å². The standard InChI is InChI=1S/C29H31F2N7O2/c1-17-11-19(14-24(33)28(17)40-10-2-7-32)21-5-8-34-16-26(21)36-29-35-15-20-3-4-25(37-38(20)29)27-22(30)12-18(6-9-39)13-23(27)31/h3-5,8,12-13,15-17,19,24,28,39H,2,6,9-11,14,33H2,1H3,(H,35,36)/t17-,19+,24+,28-/m0/s1. The molecule has 4 aromatic rings. The summed E-state index contributed by atoms with van der Waals surface area (Å²) in [6, 6.07) is 9.54. The monoisotopic (exact) mass is 547 g/mol. The third kappa shape index (κ3) is 5.65. The van der Waals surface area contributed by atoms with Crippen LogP contribution in [0.3, 0.4) is 0 Å². The minimum Gasteiger partial charge on any atom is -0.396 e. The first-order valence-electron chi connectivity index (χ1n) is 13.3. The van der Waals surface area contributed by atoms with Crippen LogP contribution < -0.4 is 11.1 Å². The highest BCUT2D eigenvalue weighted by atomic mass is 19.1. The third-order valence-corrected chi connectivity index (χ3v) is 7.40. The molecular weight excluding hydrogens is 516 g/mol. The average Bonchev–Trinajstić information content (AvgIpc) is 3.32. The van der Waals surface area contributed by atoms with Crippen LogP contribution in [0.4, 0.5) is 20.4 Å². The van der Waals surface area contributed by atoms with E-state index in [-0.39, 0.29) is 48.3 Å². The van der Waals surface area contributed by atoms with Gasteiger partial charge in [-0.25, -0.2) is 13.8 Å². The average molecular weight is 548 g/mol. The summed E-state index contributed by atoms with van der Waals surface area (Å²) in [5, 5.41) is 25.7. The topological polar surface area (TPSA) is 134 Å². The lowest BCUT2D eigenvalue weighted by molar-refractivity contribution is -0.0198. The number of fused-ring (bicyclic) bond motifs is 1. The fourth-order valence-corrected chi connectivity index (χ4v) is 5.58. The predicted molar refractivity (Wildman–Crippen MR) is 146 cm³/mol. The Bertz CT molecular complexity index is 1500. The van der Waals surface area contributed by atoms with Crippen LogP contribution in [-0.4, -0.2) is 50.0 Å². The summed E-state index contributed by atoms with van der Waals surface area (Å²) in [7, 11) is 0. The number of halogens is 2. The van der Waals surface area contributed by atoms with Crippen molar-refractivity contribution in [1.82, 2.24) is 19.6 Å². The van der Waals surface area contributed by atoms with Crippen LogP contribution in [0.15, 0.2) is 48.9 Å². The molecular formula is C29H31F2N7O2. The molecule has 5 rings (SSSR count). The van der Waals surface area contributed by atoms with Gasteiger partial charge in [-0.05, 0) is 72.6 Å². The molecule has 1 aromatic carbocycles. The number of hydrogen-bond acceptors (Lipinski definition) is 8. The van der Waals surface area contributed by atoms with Gasteiger partial charge in [0.15, 0.2) is 0 Å². The van der Waals surface area contributed by atoms with Crippen LogP contribution in [0.5, 0.6) is 0 Å². The molecule has 1 saturated carbocycles. The number of nitrogens with zero attached hydrogens (tertiary/aromatic N) is 5. The molecule has 0 saturated heterocycles. The zero-order chi connectivity index (χ0) is 28.2. The molecule has 9 nitrogen and oxygen atoms in total. The molecule has 40 heavy (non-hydrogen) atoms. The maximum absolute atomic E-state index is 14.9. The predicted octanol–water partition coefficient (Wildman–Crippen LogP) is 4.49. The van der Waals surface area contributed by atoms with E-state index < -0.39 is 11.6 Å². The number of aromatic nitrogens is 4. The first-order chi connectivity index (χ1) is 19.4. The number of nitrogens with one attached hydrogen (secondary N) is 1. The highest BCUT2D eigenvalue weighted by molar-refractivity contribution is 5.66. The van der Waals surface area contributed by atoms with Gasteiger partial charge in [0, 0.05) is 18.8 Å². The minimum atomic E-state index is -0.753. The SMILES string of the molecule is C[C@H]1C[C@@H](c2ccncc2Nc2ncc3ccc(-c4c(F)cc(CCO)cc4F)nn23)C[C@@H](N)[C@H]1OCCC#N. The lowest BCUT2D eigenvalue weighted by Gasteiger charge is -2.39. The van der Waals surface area contributed by atoms with E-state index in [1.807, 2.05) is 6.07 Å². The molecule has 3 aromatic heterocycles. The Morgan fingerprint density at radius 1 is 1.20 bits per heavy atom. The van der Waals surface area contributed by atoms with E-state index in [1.165, 1.54) is 16.6 Å². The smallest absolute Gasteiger partial charge is 0.229 e. The number of nitrogens with two attached hydrogens (primary N) is 1. The van der Waals surface area contributed by atoms with Gasteiger partial charge in [-0.2, -0.15) is 14.9 Å². The Hall–Kier alpha value is -3.98. The quantitative estimate of drug-likeness (QED) is 0.261. The number of benzene rings is 1. The van der Waals surface area contributed by atoms with Crippen LogP contribution in [-0.2, 0) is 11.2 Å². The second kappa shape index (κ2) is 12.0. The lowest BCUT2D eigenvalue weighted by atomic mass is 9.74. The number of nitriles is 1. The molecule has 0 unspecified atom stereocenters. The fraction of sp³-hybridized carbons (Fsp3) is 0.379. The highest BCUT2D eigenvalue weighted by Gasteiger charge is 2.35. The molecule has 4 atom stereocenters. The third-order valence-electron chi connectivity index (χ3n) is 7.40. The van der Waals surface area contributed by atoms with Gasteiger partial charge in [0.2, 0.25) is 5.95 Å². The van der Waals surface area contributed by atoms with Crippen molar-refractivity contribution in [2.24, 2.45) is 11.7 Å². The summed E-state index contributed by atoms with van der Waals surface area (Å²) in [5.74, 6) is -0.802. The van der Waals surface area contributed by atoms with Crippen LogP contribution in [0.1, 0.15) is 43.2 Å². The molecule has 0 spiro atoms. The summed E-state index contributed by atoms with van der Waals surface area (Å²) in [5.41, 5.74) is 9.15. The molecule has 0 amide bonds. The second-order valence-electron chi connectivity index (χ2n) is 10.2. The van der Waals surface area contributed by atoms with Gasteiger partial charge in [0.25, 0.3) is 0 Å². The van der Waals surface area contributed by atoms with Gasteiger partial charge >= 0.3 is 0 Å². The Kier molecular flexibility index (Phi) is 8.30. The number of anilines is 2. The number of rotatable bonds is 9. The van der Waals surface area contributed by atoms with Gasteiger partial charge < -0.3 is 20.9 Å². The summed E-state index contributed by atoms with van der Waals surface area (Å²) >= 11 is 0. The minimum absolute atomic E-state index is 0.111. The first kappa shape index (κ1) is 27.6. The van der Waals surface area contributed by atoms with Crippen LogP contribution >= 0.6 is 0 Å². The normalized spacial score (nSPS) is 20.9. The molecule has 1 aliphatic rings. The van der Waals surface area contributed by atoms with Gasteiger partial charge in [0.1, 0.15) is 11.6 Å². The van der Waals surface area contributed by atoms with Crippen molar-refractivity contribution < 1.29 is 18.6 Å². The first-order valence-corrected chi connectivity index (χ1v) is 13.3. The van der Waals surface area contributed by atoms with Crippen molar-refractivity contribution in [3.05, 3.63) is 71.7 Å². The van der Waals surface area contributed by atoms with E-state index in [1.54, 1.807) is 30.7 Å². The molecule has 3 heterocycles. The second-order valence-corrected chi connectivity index (χ2v) is 10.2. The maximum Gasteiger partial charge on any atom is 0.229 e. The number of pyridine rings is 1.